The first kappa shape index (κ1) is 11.4. The minimum Gasteiger partial charge on any atom is -0.393 e. The van der Waals surface area contributed by atoms with Crippen LogP contribution < -0.4 is 5.32 Å². The summed E-state index contributed by atoms with van der Waals surface area (Å²) in [5.41, 5.74) is -0.740. The fourth-order valence-electron chi connectivity index (χ4n) is 2.46. The molecule has 88 valence electrons. The molecule has 1 amide bonds. The van der Waals surface area contributed by atoms with Gasteiger partial charge in [0.25, 0.3) is 0 Å². The maximum atomic E-state index is 11.9. The van der Waals surface area contributed by atoms with E-state index in [1.807, 2.05) is 0 Å². The molecule has 0 aromatic carbocycles. The Morgan fingerprint density at radius 1 is 1.31 bits per heavy atom. The van der Waals surface area contributed by atoms with Crippen molar-refractivity contribution in [2.45, 2.75) is 57.1 Å². The van der Waals surface area contributed by atoms with E-state index in [0.29, 0.717) is 12.8 Å². The molecule has 0 saturated heterocycles. The van der Waals surface area contributed by atoms with Gasteiger partial charge in [0.05, 0.1) is 12.2 Å². The van der Waals surface area contributed by atoms with Crippen molar-refractivity contribution in [3.63, 3.8) is 0 Å². The lowest BCUT2D eigenvalue weighted by molar-refractivity contribution is -0.132. The predicted octanol–water partition coefficient (Wildman–Crippen LogP) is 1.10. The van der Waals surface area contributed by atoms with Crippen LogP contribution in [-0.2, 0) is 4.79 Å². The standard InChI is InChI=1S/C12H18N2O2/c13-8-12(6-1-7-12)11(16)14-9-2-4-10(15)5-3-9/h9-10,15H,1-7H2,(H,14,16). The van der Waals surface area contributed by atoms with Crippen molar-refractivity contribution in [1.29, 1.82) is 5.26 Å². The van der Waals surface area contributed by atoms with Crippen LogP contribution in [0.3, 0.4) is 0 Å². The zero-order chi connectivity index (χ0) is 11.6. The average Bonchev–Trinajstić information content (AvgIpc) is 2.21. The molecule has 2 saturated carbocycles. The van der Waals surface area contributed by atoms with Gasteiger partial charge in [-0.05, 0) is 44.9 Å². The van der Waals surface area contributed by atoms with Gasteiger partial charge in [-0.3, -0.25) is 4.79 Å². The van der Waals surface area contributed by atoms with Gasteiger partial charge in [0.1, 0.15) is 5.41 Å². The normalized spacial score (nSPS) is 32.2. The lowest BCUT2D eigenvalue weighted by Crippen LogP contribution is -2.49. The van der Waals surface area contributed by atoms with E-state index >= 15 is 0 Å². The summed E-state index contributed by atoms with van der Waals surface area (Å²) in [4.78, 5) is 11.9. The number of hydrogen-bond donors (Lipinski definition) is 2. The average molecular weight is 222 g/mol. The maximum absolute atomic E-state index is 11.9. The quantitative estimate of drug-likeness (QED) is 0.734. The molecule has 4 nitrogen and oxygen atoms in total. The van der Waals surface area contributed by atoms with E-state index in [1.54, 1.807) is 0 Å². The third kappa shape index (κ3) is 2.05. The molecule has 0 heterocycles. The van der Waals surface area contributed by atoms with Crippen molar-refractivity contribution in [3.8, 4) is 6.07 Å². The van der Waals surface area contributed by atoms with Gasteiger partial charge < -0.3 is 10.4 Å². The van der Waals surface area contributed by atoms with E-state index in [-0.39, 0.29) is 18.1 Å². The van der Waals surface area contributed by atoms with Gasteiger partial charge in [-0.2, -0.15) is 5.26 Å². The summed E-state index contributed by atoms with van der Waals surface area (Å²) in [6, 6.07) is 2.31. The van der Waals surface area contributed by atoms with Gasteiger partial charge in [0, 0.05) is 6.04 Å². The SMILES string of the molecule is N#CC1(C(=O)NC2CCC(O)CC2)CCC1. The number of hydrogen-bond acceptors (Lipinski definition) is 3. The number of nitrogens with zero attached hydrogens (tertiary/aromatic N) is 1. The van der Waals surface area contributed by atoms with Gasteiger partial charge in [-0.25, -0.2) is 0 Å². The molecule has 4 heteroatoms. The summed E-state index contributed by atoms with van der Waals surface area (Å²) >= 11 is 0. The molecule has 0 aliphatic heterocycles. The molecule has 0 radical (unpaired) electrons. The smallest absolute Gasteiger partial charge is 0.240 e. The maximum Gasteiger partial charge on any atom is 0.240 e. The monoisotopic (exact) mass is 222 g/mol. The van der Waals surface area contributed by atoms with Crippen LogP contribution in [0.1, 0.15) is 44.9 Å². The molecule has 0 spiro atoms. The molecule has 2 N–H and O–H groups in total. The van der Waals surface area contributed by atoms with Crippen LogP contribution in [0, 0.1) is 16.7 Å². The van der Waals surface area contributed by atoms with Crippen molar-refractivity contribution in [2.75, 3.05) is 0 Å². The van der Waals surface area contributed by atoms with E-state index < -0.39 is 5.41 Å². The lowest BCUT2D eigenvalue weighted by Gasteiger charge is -2.36. The second kappa shape index (κ2) is 4.42. The van der Waals surface area contributed by atoms with Gasteiger partial charge >= 0.3 is 0 Å². The highest BCUT2D eigenvalue weighted by Crippen LogP contribution is 2.40. The fraction of sp³-hybridized carbons (Fsp3) is 0.833. The number of aliphatic hydroxyl groups excluding tert-OH is 1. The lowest BCUT2D eigenvalue weighted by atomic mass is 9.69. The number of amides is 1. The summed E-state index contributed by atoms with van der Waals surface area (Å²) in [6.45, 7) is 0. The predicted molar refractivity (Wildman–Crippen MR) is 58.3 cm³/mol. The van der Waals surface area contributed by atoms with Gasteiger partial charge in [-0.15, -0.1) is 0 Å². The summed E-state index contributed by atoms with van der Waals surface area (Å²) in [6.07, 6.45) is 5.33. The minimum atomic E-state index is -0.740. The van der Waals surface area contributed by atoms with Crippen LogP contribution in [0.25, 0.3) is 0 Å². The number of nitrogens with one attached hydrogen (secondary N) is 1. The highest BCUT2D eigenvalue weighted by Gasteiger charge is 2.45. The zero-order valence-corrected chi connectivity index (χ0v) is 9.41. The molecule has 0 bridgehead atoms. The van der Waals surface area contributed by atoms with Crippen LogP contribution in [-0.4, -0.2) is 23.2 Å². The van der Waals surface area contributed by atoms with Crippen LogP contribution in [0.5, 0.6) is 0 Å². The Labute approximate surface area is 95.6 Å². The van der Waals surface area contributed by atoms with Crippen molar-refractivity contribution < 1.29 is 9.90 Å². The molecule has 2 aliphatic carbocycles. The van der Waals surface area contributed by atoms with Crippen molar-refractivity contribution in [2.24, 2.45) is 5.41 Å². The Bertz CT molecular complexity index is 309. The summed E-state index contributed by atoms with van der Waals surface area (Å²) in [7, 11) is 0. The Morgan fingerprint density at radius 2 is 1.94 bits per heavy atom. The van der Waals surface area contributed by atoms with E-state index in [0.717, 1.165) is 32.1 Å². The van der Waals surface area contributed by atoms with Crippen LogP contribution in [0.2, 0.25) is 0 Å². The Balaban J connectivity index is 1.86. The molecule has 2 fully saturated rings. The fourth-order valence-corrected chi connectivity index (χ4v) is 2.46. The topological polar surface area (TPSA) is 73.1 Å². The largest absolute Gasteiger partial charge is 0.393 e. The van der Waals surface area contributed by atoms with E-state index in [9.17, 15) is 9.90 Å². The number of carbonyl (C=O) groups is 1. The Kier molecular flexibility index (Phi) is 3.15. The van der Waals surface area contributed by atoms with Crippen LogP contribution in [0.15, 0.2) is 0 Å². The first-order chi connectivity index (χ1) is 7.66. The van der Waals surface area contributed by atoms with Crippen LogP contribution in [0.4, 0.5) is 0 Å². The third-order valence-corrected chi connectivity index (χ3v) is 3.89. The summed E-state index contributed by atoms with van der Waals surface area (Å²) in [5.74, 6) is -0.0948. The summed E-state index contributed by atoms with van der Waals surface area (Å²) < 4.78 is 0. The molecular formula is C12H18N2O2. The van der Waals surface area contributed by atoms with Crippen molar-refractivity contribution >= 4 is 5.91 Å². The minimum absolute atomic E-state index is 0.0948. The second-order valence-corrected chi connectivity index (χ2v) is 5.03. The van der Waals surface area contributed by atoms with Gasteiger partial charge in [0.2, 0.25) is 5.91 Å². The zero-order valence-electron chi connectivity index (χ0n) is 9.41. The van der Waals surface area contributed by atoms with Crippen LogP contribution >= 0.6 is 0 Å². The highest BCUT2D eigenvalue weighted by molar-refractivity contribution is 5.86. The number of carbonyl (C=O) groups excluding carboxylic acids is 1. The molecule has 2 aliphatic rings. The van der Waals surface area contributed by atoms with Gasteiger partial charge in [-0.1, -0.05) is 0 Å². The number of aliphatic hydroxyl groups is 1. The highest BCUT2D eigenvalue weighted by atomic mass is 16.3. The summed E-state index contributed by atoms with van der Waals surface area (Å²) in [5, 5.41) is 21.3. The molecule has 0 aromatic rings. The Hall–Kier alpha value is -1.08. The number of nitriles is 1. The molecule has 0 unspecified atom stereocenters. The molecule has 2 rings (SSSR count). The van der Waals surface area contributed by atoms with E-state index in [2.05, 4.69) is 11.4 Å². The van der Waals surface area contributed by atoms with Crippen molar-refractivity contribution in [1.82, 2.24) is 5.32 Å². The first-order valence-corrected chi connectivity index (χ1v) is 6.06. The molecule has 0 atom stereocenters. The molecular weight excluding hydrogens is 204 g/mol. The molecule has 16 heavy (non-hydrogen) atoms. The third-order valence-electron chi connectivity index (χ3n) is 3.89. The van der Waals surface area contributed by atoms with Gasteiger partial charge in [0.15, 0.2) is 0 Å². The molecule has 0 aromatic heterocycles. The first-order valence-electron chi connectivity index (χ1n) is 6.06. The van der Waals surface area contributed by atoms with E-state index in [1.165, 1.54) is 0 Å². The van der Waals surface area contributed by atoms with E-state index in [4.69, 9.17) is 5.26 Å². The number of rotatable bonds is 2. The van der Waals surface area contributed by atoms with Crippen molar-refractivity contribution in [3.05, 3.63) is 0 Å². The Morgan fingerprint density at radius 3 is 2.38 bits per heavy atom. The second-order valence-electron chi connectivity index (χ2n) is 5.03.